The summed E-state index contributed by atoms with van der Waals surface area (Å²) in [5, 5.41) is 14.2. The van der Waals surface area contributed by atoms with Crippen LogP contribution in [0.2, 0.25) is 5.02 Å². The lowest BCUT2D eigenvalue weighted by Gasteiger charge is -2.41. The van der Waals surface area contributed by atoms with Crippen molar-refractivity contribution in [1.29, 1.82) is 5.26 Å². The van der Waals surface area contributed by atoms with Crippen LogP contribution in [-0.4, -0.2) is 24.1 Å². The first kappa shape index (κ1) is 19.5. The molecule has 1 fully saturated rings. The van der Waals surface area contributed by atoms with Gasteiger partial charge in [-0.1, -0.05) is 60.1 Å². The van der Waals surface area contributed by atoms with Gasteiger partial charge in [0.05, 0.1) is 18.8 Å². The van der Waals surface area contributed by atoms with E-state index in [1.807, 2.05) is 53.5 Å². The fourth-order valence-corrected chi connectivity index (χ4v) is 5.20. The standard InChI is InChI=1S/C25H20ClN3O2/c1-2-31-24(30)23-15-28(16-27)29(18-13-11-17(26)12-14-18)25(23)21-9-5-3-7-19(21)20-8-4-6-10-22(20)25/h3-14,23H,2,15H2,1H3. The molecule has 1 spiro atoms. The summed E-state index contributed by atoms with van der Waals surface area (Å²) in [5.74, 6) is -0.904. The van der Waals surface area contributed by atoms with Gasteiger partial charge in [-0.3, -0.25) is 9.80 Å². The van der Waals surface area contributed by atoms with Gasteiger partial charge in [-0.25, -0.2) is 5.01 Å². The van der Waals surface area contributed by atoms with Gasteiger partial charge in [0, 0.05) is 5.02 Å². The highest BCUT2D eigenvalue weighted by atomic mass is 35.5. The Balaban J connectivity index is 1.86. The van der Waals surface area contributed by atoms with E-state index in [2.05, 4.69) is 18.3 Å². The molecule has 5 nitrogen and oxygen atoms in total. The molecule has 1 aliphatic heterocycles. The van der Waals surface area contributed by atoms with Crippen molar-refractivity contribution in [1.82, 2.24) is 5.01 Å². The molecule has 154 valence electrons. The Hall–Kier alpha value is -3.49. The van der Waals surface area contributed by atoms with Gasteiger partial charge in [0.2, 0.25) is 0 Å². The molecule has 6 heteroatoms. The first-order chi connectivity index (χ1) is 15.1. The maximum absolute atomic E-state index is 13.3. The van der Waals surface area contributed by atoms with Crippen molar-refractivity contribution in [2.75, 3.05) is 18.2 Å². The smallest absolute Gasteiger partial charge is 0.314 e. The van der Waals surface area contributed by atoms with E-state index in [1.54, 1.807) is 24.1 Å². The van der Waals surface area contributed by atoms with E-state index >= 15 is 0 Å². The topological polar surface area (TPSA) is 56.6 Å². The van der Waals surface area contributed by atoms with Crippen molar-refractivity contribution in [2.24, 2.45) is 5.92 Å². The zero-order valence-corrected chi connectivity index (χ0v) is 17.7. The Kier molecular flexibility index (Phi) is 4.60. The molecular formula is C25H20ClN3O2. The van der Waals surface area contributed by atoms with Gasteiger partial charge < -0.3 is 4.74 Å². The lowest BCUT2D eigenvalue weighted by Crippen LogP contribution is -2.50. The van der Waals surface area contributed by atoms with Gasteiger partial charge in [-0.05, 0) is 53.4 Å². The molecule has 0 N–H and O–H groups in total. The molecule has 3 aromatic rings. The number of carbonyl (C=O) groups excluding carboxylic acids is 1. The van der Waals surface area contributed by atoms with Crippen molar-refractivity contribution >= 4 is 23.3 Å². The number of hydrazine groups is 1. The second-order valence-corrected chi connectivity index (χ2v) is 8.07. The van der Waals surface area contributed by atoms with E-state index < -0.39 is 11.5 Å². The van der Waals surface area contributed by atoms with Crippen LogP contribution in [0.1, 0.15) is 18.1 Å². The molecule has 1 aliphatic carbocycles. The average Bonchev–Trinajstić information content (AvgIpc) is 3.30. The Bertz CT molecular complexity index is 1160. The number of benzene rings is 3. The second-order valence-electron chi connectivity index (χ2n) is 7.63. The summed E-state index contributed by atoms with van der Waals surface area (Å²) < 4.78 is 5.52. The molecule has 0 saturated carbocycles. The van der Waals surface area contributed by atoms with E-state index in [0.29, 0.717) is 5.02 Å². The van der Waals surface area contributed by atoms with Crippen molar-refractivity contribution in [3.8, 4) is 17.3 Å². The number of fused-ring (bicyclic) bond motifs is 5. The summed E-state index contributed by atoms with van der Waals surface area (Å²) >= 11 is 6.15. The van der Waals surface area contributed by atoms with Crippen LogP contribution in [0.15, 0.2) is 72.8 Å². The van der Waals surface area contributed by atoms with Crippen molar-refractivity contribution in [2.45, 2.75) is 12.5 Å². The van der Waals surface area contributed by atoms with Gasteiger partial charge in [0.25, 0.3) is 0 Å². The fourth-order valence-electron chi connectivity index (χ4n) is 5.07. The van der Waals surface area contributed by atoms with Crippen LogP contribution >= 0.6 is 11.6 Å². The summed E-state index contributed by atoms with van der Waals surface area (Å²) in [7, 11) is 0. The number of hydrogen-bond acceptors (Lipinski definition) is 5. The first-order valence-corrected chi connectivity index (χ1v) is 10.6. The van der Waals surface area contributed by atoms with E-state index in [4.69, 9.17) is 16.3 Å². The molecule has 0 aromatic heterocycles. The predicted molar refractivity (Wildman–Crippen MR) is 119 cm³/mol. The predicted octanol–water partition coefficient (Wildman–Crippen LogP) is 4.96. The Morgan fingerprint density at radius 3 is 2.19 bits per heavy atom. The van der Waals surface area contributed by atoms with E-state index in [0.717, 1.165) is 27.9 Å². The number of carbonyl (C=O) groups is 1. The number of esters is 1. The zero-order valence-electron chi connectivity index (χ0n) is 17.0. The van der Waals surface area contributed by atoms with Crippen molar-refractivity contribution < 1.29 is 9.53 Å². The quantitative estimate of drug-likeness (QED) is 0.435. The third-order valence-corrected chi connectivity index (χ3v) is 6.41. The van der Waals surface area contributed by atoms with Crippen LogP contribution < -0.4 is 5.01 Å². The van der Waals surface area contributed by atoms with Crippen LogP contribution in [-0.2, 0) is 15.1 Å². The maximum Gasteiger partial charge on any atom is 0.314 e. The summed E-state index contributed by atoms with van der Waals surface area (Å²) in [6.07, 6.45) is 2.29. The summed E-state index contributed by atoms with van der Waals surface area (Å²) in [4.78, 5) is 13.3. The van der Waals surface area contributed by atoms with Gasteiger partial charge in [0.1, 0.15) is 11.5 Å². The molecular weight excluding hydrogens is 410 g/mol. The highest BCUT2D eigenvalue weighted by Crippen LogP contribution is 2.59. The van der Waals surface area contributed by atoms with E-state index in [-0.39, 0.29) is 19.1 Å². The van der Waals surface area contributed by atoms with Crippen molar-refractivity contribution in [3.05, 3.63) is 88.9 Å². The zero-order chi connectivity index (χ0) is 21.6. The van der Waals surface area contributed by atoms with Crippen LogP contribution in [0.25, 0.3) is 11.1 Å². The maximum atomic E-state index is 13.3. The number of anilines is 1. The number of nitrogens with zero attached hydrogens (tertiary/aromatic N) is 3. The fraction of sp³-hybridized carbons (Fsp3) is 0.200. The van der Waals surface area contributed by atoms with E-state index in [9.17, 15) is 10.1 Å². The minimum absolute atomic E-state index is 0.223. The Morgan fingerprint density at radius 1 is 1.06 bits per heavy atom. The largest absolute Gasteiger partial charge is 0.466 e. The van der Waals surface area contributed by atoms with Crippen LogP contribution in [0.5, 0.6) is 0 Å². The number of hydrogen-bond donors (Lipinski definition) is 0. The van der Waals surface area contributed by atoms with Crippen LogP contribution in [0, 0.1) is 17.4 Å². The van der Waals surface area contributed by atoms with Gasteiger partial charge in [-0.2, -0.15) is 5.26 Å². The molecule has 5 rings (SSSR count). The monoisotopic (exact) mass is 429 g/mol. The Labute approximate surface area is 186 Å². The van der Waals surface area contributed by atoms with Crippen molar-refractivity contribution in [3.63, 3.8) is 0 Å². The van der Waals surface area contributed by atoms with Gasteiger partial charge >= 0.3 is 5.97 Å². The third kappa shape index (κ3) is 2.65. The molecule has 2 aliphatic rings. The third-order valence-electron chi connectivity index (χ3n) is 6.16. The first-order valence-electron chi connectivity index (χ1n) is 10.2. The minimum atomic E-state index is -0.900. The molecule has 1 atom stereocenters. The summed E-state index contributed by atoms with van der Waals surface area (Å²) in [6, 6.07) is 23.5. The number of halogens is 1. The lowest BCUT2D eigenvalue weighted by atomic mass is 9.76. The SMILES string of the molecule is CCOC(=O)C1CN(C#N)N(c2ccc(Cl)cc2)C12c1ccccc1-c1ccccc12. The van der Waals surface area contributed by atoms with Gasteiger partial charge in [0.15, 0.2) is 6.19 Å². The Morgan fingerprint density at radius 2 is 1.65 bits per heavy atom. The molecule has 1 heterocycles. The van der Waals surface area contributed by atoms with Crippen LogP contribution in [0.4, 0.5) is 5.69 Å². The molecule has 31 heavy (non-hydrogen) atoms. The van der Waals surface area contributed by atoms with Crippen LogP contribution in [0.3, 0.4) is 0 Å². The number of ether oxygens (including phenoxy) is 1. The molecule has 0 radical (unpaired) electrons. The normalized spacial score (nSPS) is 17.9. The second kappa shape index (κ2) is 7.33. The highest BCUT2D eigenvalue weighted by Gasteiger charge is 2.62. The summed E-state index contributed by atoms with van der Waals surface area (Å²) in [6.45, 7) is 2.30. The van der Waals surface area contributed by atoms with Gasteiger partial charge in [-0.15, -0.1) is 0 Å². The molecule has 0 bridgehead atoms. The molecule has 1 saturated heterocycles. The number of nitriles is 1. The molecule has 0 amide bonds. The molecule has 1 unspecified atom stereocenters. The minimum Gasteiger partial charge on any atom is -0.466 e. The average molecular weight is 430 g/mol. The van der Waals surface area contributed by atoms with E-state index in [1.165, 1.54) is 0 Å². The molecule has 3 aromatic carbocycles. The lowest BCUT2D eigenvalue weighted by molar-refractivity contribution is -0.148. The number of rotatable bonds is 3. The highest BCUT2D eigenvalue weighted by molar-refractivity contribution is 6.30. The summed E-state index contributed by atoms with van der Waals surface area (Å²) in [5.41, 5.74) is 3.98.